The molecule has 0 aromatic carbocycles. The fraction of sp³-hybridized carbons (Fsp3) is 0.719. The molecule has 0 unspecified atom stereocenters. The van der Waals surface area contributed by atoms with Crippen LogP contribution < -0.4 is 0 Å². The number of fused-ring (bicyclic) bond motifs is 6. The molecule has 40 heavy (non-hydrogen) atoms. The van der Waals surface area contributed by atoms with Crippen LogP contribution in [-0.2, 0) is 28.6 Å². The maximum atomic E-state index is 14.5. The number of hydrogen-bond donors (Lipinski definition) is 2. The van der Waals surface area contributed by atoms with Crippen molar-refractivity contribution in [2.24, 2.45) is 45.8 Å². The highest BCUT2D eigenvalue weighted by Crippen LogP contribution is 2.80. The van der Waals surface area contributed by atoms with Gasteiger partial charge in [0.15, 0.2) is 0 Å². The molecule has 1 spiro atoms. The lowest BCUT2D eigenvalue weighted by atomic mass is 9.54. The summed E-state index contributed by atoms with van der Waals surface area (Å²) >= 11 is 0. The summed E-state index contributed by atoms with van der Waals surface area (Å²) in [5.74, 6) is -2.84. The van der Waals surface area contributed by atoms with Gasteiger partial charge in [0.2, 0.25) is 0 Å². The topological polar surface area (TPSA) is 119 Å². The second-order valence-electron chi connectivity index (χ2n) is 14.5. The summed E-state index contributed by atoms with van der Waals surface area (Å²) in [5, 5.41) is 24.0. The number of carbonyl (C=O) groups is 3. The van der Waals surface area contributed by atoms with E-state index in [2.05, 4.69) is 18.7 Å². The number of ether oxygens (including phenoxy) is 3. The standard InChI is InChI=1S/C32H40O8/c1-15-7-8-19-21(15)24-22(20(38-17(3)33)13-29(19,5)36)32(27(35)40-24)14-31-12-11-28(32,4)25(31)23-18(9-10-30(31,6)37)16(2)26(34)39-23/h7,11-12,18-25,36-37H,2,8-10,13-14H2,1,3-6H3/t18-,19+,20+,21+,22+,23-,24+,25-,28+,29+,30+,31-,32-/m0/s1. The van der Waals surface area contributed by atoms with Gasteiger partial charge >= 0.3 is 17.9 Å². The lowest BCUT2D eigenvalue weighted by molar-refractivity contribution is -0.165. The van der Waals surface area contributed by atoms with Gasteiger partial charge in [-0.25, -0.2) is 4.79 Å². The molecule has 0 aromatic rings. The van der Waals surface area contributed by atoms with Gasteiger partial charge in [0.1, 0.15) is 18.3 Å². The molecule has 7 rings (SSSR count). The largest absolute Gasteiger partial charge is 0.462 e. The second-order valence-corrected chi connectivity index (χ2v) is 14.5. The molecule has 7 aliphatic rings. The van der Waals surface area contributed by atoms with Gasteiger partial charge in [-0.1, -0.05) is 37.3 Å². The third-order valence-electron chi connectivity index (χ3n) is 12.8. The van der Waals surface area contributed by atoms with Crippen molar-refractivity contribution in [3.05, 3.63) is 36.0 Å². The predicted molar refractivity (Wildman–Crippen MR) is 142 cm³/mol. The lowest BCUT2D eigenvalue weighted by Gasteiger charge is -2.46. The smallest absolute Gasteiger partial charge is 0.334 e. The molecule has 3 saturated carbocycles. The van der Waals surface area contributed by atoms with Crippen molar-refractivity contribution < 1.29 is 38.8 Å². The Balaban J connectivity index is 1.45. The average Bonchev–Trinajstić information content (AvgIpc) is 3.56. The van der Waals surface area contributed by atoms with Crippen molar-refractivity contribution in [1.29, 1.82) is 0 Å². The Kier molecular flexibility index (Phi) is 5.08. The van der Waals surface area contributed by atoms with Crippen molar-refractivity contribution >= 4 is 17.9 Å². The van der Waals surface area contributed by atoms with Crippen molar-refractivity contribution in [3.8, 4) is 0 Å². The van der Waals surface area contributed by atoms with Crippen molar-refractivity contribution in [2.45, 2.75) is 96.2 Å². The van der Waals surface area contributed by atoms with E-state index in [4.69, 9.17) is 14.2 Å². The number of rotatable bonds is 1. The molecule has 0 amide bonds. The summed E-state index contributed by atoms with van der Waals surface area (Å²) in [7, 11) is 0. The molecule has 2 N–H and O–H groups in total. The fourth-order valence-electron chi connectivity index (χ4n) is 11.0. The van der Waals surface area contributed by atoms with E-state index in [-0.39, 0.29) is 36.6 Å². The van der Waals surface area contributed by atoms with Gasteiger partial charge in [0.05, 0.1) is 22.5 Å². The molecule has 2 aliphatic heterocycles. The summed E-state index contributed by atoms with van der Waals surface area (Å²) in [6.07, 6.45) is 6.43. The minimum Gasteiger partial charge on any atom is -0.462 e. The maximum absolute atomic E-state index is 14.5. The van der Waals surface area contributed by atoms with Gasteiger partial charge in [-0.05, 0) is 46.5 Å². The number of hydrogen-bond acceptors (Lipinski definition) is 8. The van der Waals surface area contributed by atoms with E-state index in [1.807, 2.05) is 26.8 Å². The first-order chi connectivity index (χ1) is 18.6. The molecule has 8 heteroatoms. The summed E-state index contributed by atoms with van der Waals surface area (Å²) in [6.45, 7) is 13.1. The van der Waals surface area contributed by atoms with Crippen LogP contribution in [0.4, 0.5) is 0 Å². The van der Waals surface area contributed by atoms with E-state index >= 15 is 0 Å². The highest BCUT2D eigenvalue weighted by molar-refractivity contribution is 5.91. The first kappa shape index (κ1) is 26.4. The Morgan fingerprint density at radius 3 is 2.55 bits per heavy atom. The highest BCUT2D eigenvalue weighted by Gasteiger charge is 2.84. The number of carbonyl (C=O) groups excluding carboxylic acids is 3. The summed E-state index contributed by atoms with van der Waals surface area (Å²) in [6, 6.07) is 0. The van der Waals surface area contributed by atoms with Crippen molar-refractivity contribution in [1.82, 2.24) is 0 Å². The number of aliphatic hydroxyl groups is 2. The van der Waals surface area contributed by atoms with E-state index in [1.165, 1.54) is 6.92 Å². The zero-order valence-corrected chi connectivity index (χ0v) is 23.9. The molecule has 8 nitrogen and oxygen atoms in total. The molecule has 0 radical (unpaired) electrons. The van der Waals surface area contributed by atoms with Crippen LogP contribution in [0, 0.1) is 45.8 Å². The van der Waals surface area contributed by atoms with Crippen molar-refractivity contribution in [3.63, 3.8) is 0 Å². The molecule has 13 atom stereocenters. The van der Waals surface area contributed by atoms with Crippen molar-refractivity contribution in [2.75, 3.05) is 0 Å². The zero-order chi connectivity index (χ0) is 28.8. The summed E-state index contributed by atoms with van der Waals surface area (Å²) < 4.78 is 18.5. The van der Waals surface area contributed by atoms with Crippen LogP contribution >= 0.6 is 0 Å². The Morgan fingerprint density at radius 2 is 1.85 bits per heavy atom. The van der Waals surface area contributed by atoms with Gasteiger partial charge in [-0.15, -0.1) is 0 Å². The average molecular weight is 553 g/mol. The van der Waals surface area contributed by atoms with Gasteiger partial charge in [0.25, 0.3) is 0 Å². The van der Waals surface area contributed by atoms with Crippen LogP contribution in [-0.4, -0.2) is 57.6 Å². The first-order valence-corrected chi connectivity index (χ1v) is 14.7. The molecule has 216 valence electrons. The third kappa shape index (κ3) is 2.83. The fourth-order valence-corrected chi connectivity index (χ4v) is 11.0. The van der Waals surface area contributed by atoms with Gasteiger partial charge in [-0.2, -0.15) is 0 Å². The SMILES string of the molecule is C=C1C(=O)O[C@@H]2[C@@H]3[C@@]4(C=C[C@@]3(C)[C@]3(C4)C(=O)O[C@@H]4[C@@H]5C(C)=CC[C@H]5[C@](C)(O)C[C@@H](OC(C)=O)[C@H]43)[C@](C)(O)CC[C@@H]12. The molecule has 2 bridgehead atoms. The number of esters is 3. The molecule has 2 heterocycles. The molecule has 5 aliphatic carbocycles. The van der Waals surface area contributed by atoms with Crippen LogP contribution in [0.3, 0.4) is 0 Å². The lowest BCUT2D eigenvalue weighted by Crippen LogP contribution is -2.53. The molecular weight excluding hydrogens is 512 g/mol. The Hall–Kier alpha value is -2.45. The van der Waals surface area contributed by atoms with E-state index in [0.29, 0.717) is 24.8 Å². The highest BCUT2D eigenvalue weighted by atomic mass is 16.6. The first-order valence-electron chi connectivity index (χ1n) is 14.7. The Bertz CT molecular complexity index is 1310. The summed E-state index contributed by atoms with van der Waals surface area (Å²) in [4.78, 5) is 39.9. The minimum absolute atomic E-state index is 0.180. The van der Waals surface area contributed by atoms with E-state index in [0.717, 1.165) is 5.57 Å². The quantitative estimate of drug-likeness (QED) is 0.220. The molecular formula is C32H40O8. The van der Waals surface area contributed by atoms with Crippen LogP contribution in [0.15, 0.2) is 36.0 Å². The molecule has 5 fully saturated rings. The second kappa shape index (κ2) is 7.68. The number of allylic oxidation sites excluding steroid dienone is 2. The van der Waals surface area contributed by atoms with Crippen LogP contribution in [0.25, 0.3) is 0 Å². The predicted octanol–water partition coefficient (Wildman–Crippen LogP) is 3.41. The zero-order valence-electron chi connectivity index (χ0n) is 23.9. The Morgan fingerprint density at radius 1 is 1.12 bits per heavy atom. The van der Waals surface area contributed by atoms with Crippen LogP contribution in [0.1, 0.15) is 66.7 Å². The normalized spacial score (nSPS) is 55.6. The van der Waals surface area contributed by atoms with Gasteiger partial charge in [-0.3, -0.25) is 9.59 Å². The Labute approximate surface area is 234 Å². The van der Waals surface area contributed by atoms with E-state index in [9.17, 15) is 24.6 Å². The van der Waals surface area contributed by atoms with E-state index < -0.39 is 69.5 Å². The third-order valence-corrected chi connectivity index (χ3v) is 12.8. The monoisotopic (exact) mass is 552 g/mol. The van der Waals surface area contributed by atoms with E-state index in [1.54, 1.807) is 6.92 Å². The maximum Gasteiger partial charge on any atom is 0.334 e. The van der Waals surface area contributed by atoms with Crippen LogP contribution in [0.2, 0.25) is 0 Å². The van der Waals surface area contributed by atoms with Gasteiger partial charge in [0, 0.05) is 53.4 Å². The van der Waals surface area contributed by atoms with Gasteiger partial charge < -0.3 is 24.4 Å². The van der Waals surface area contributed by atoms with Crippen LogP contribution in [0.5, 0.6) is 0 Å². The summed E-state index contributed by atoms with van der Waals surface area (Å²) in [5.41, 5.74) is -3.74. The molecule has 0 aromatic heterocycles. The minimum atomic E-state index is -1.19. The molecule has 2 saturated heterocycles.